The van der Waals surface area contributed by atoms with Gasteiger partial charge in [0, 0.05) is 18.2 Å². The van der Waals surface area contributed by atoms with Gasteiger partial charge in [0.15, 0.2) is 0 Å². The predicted molar refractivity (Wildman–Crippen MR) is 63.8 cm³/mol. The van der Waals surface area contributed by atoms with Gasteiger partial charge in [-0.15, -0.1) is 0 Å². The SMILES string of the molecule is Oc1cc(F)cc(OCc2cccc(C(F)(F)F)c2)c1. The molecule has 0 saturated carbocycles. The molecule has 2 nitrogen and oxygen atoms in total. The van der Waals surface area contributed by atoms with E-state index in [1.54, 1.807) is 0 Å². The Kier molecular flexibility index (Phi) is 3.83. The van der Waals surface area contributed by atoms with Gasteiger partial charge in [0.2, 0.25) is 0 Å². The molecule has 2 aromatic rings. The first kappa shape index (κ1) is 14.2. The molecule has 0 heterocycles. The standard InChI is InChI=1S/C14H10F4O2/c15-11-5-12(19)7-13(6-11)20-8-9-2-1-3-10(4-9)14(16,17)18/h1-7,19H,8H2. The second kappa shape index (κ2) is 5.40. The minimum atomic E-state index is -4.42. The predicted octanol–water partition coefficient (Wildman–Crippen LogP) is 4.13. The Morgan fingerprint density at radius 3 is 2.45 bits per heavy atom. The fourth-order valence-corrected chi connectivity index (χ4v) is 1.64. The van der Waals surface area contributed by atoms with Crippen LogP contribution >= 0.6 is 0 Å². The highest BCUT2D eigenvalue weighted by Crippen LogP contribution is 2.30. The third kappa shape index (κ3) is 3.63. The lowest BCUT2D eigenvalue weighted by Gasteiger charge is -2.10. The van der Waals surface area contributed by atoms with Gasteiger partial charge < -0.3 is 9.84 Å². The molecule has 0 radical (unpaired) electrons. The Hall–Kier alpha value is -2.24. The van der Waals surface area contributed by atoms with E-state index in [1.165, 1.54) is 18.2 Å². The molecule has 0 aliphatic heterocycles. The first-order valence-corrected chi connectivity index (χ1v) is 5.63. The molecule has 0 atom stereocenters. The second-order valence-electron chi connectivity index (χ2n) is 4.13. The van der Waals surface area contributed by atoms with E-state index in [0.717, 1.165) is 24.3 Å². The first-order chi connectivity index (χ1) is 9.34. The summed E-state index contributed by atoms with van der Waals surface area (Å²) in [5.74, 6) is -0.965. The summed E-state index contributed by atoms with van der Waals surface area (Å²) in [5.41, 5.74) is -0.482. The molecule has 0 fully saturated rings. The normalized spacial score (nSPS) is 11.4. The average Bonchev–Trinajstić information content (AvgIpc) is 2.35. The minimum Gasteiger partial charge on any atom is -0.508 e. The van der Waals surface area contributed by atoms with Crippen molar-refractivity contribution in [1.29, 1.82) is 0 Å². The van der Waals surface area contributed by atoms with Crippen molar-refractivity contribution < 1.29 is 27.4 Å². The molecule has 6 heteroatoms. The van der Waals surface area contributed by atoms with E-state index in [-0.39, 0.29) is 18.1 Å². The summed E-state index contributed by atoms with van der Waals surface area (Å²) < 4.78 is 55.7. The molecule has 0 amide bonds. The lowest BCUT2D eigenvalue weighted by molar-refractivity contribution is -0.137. The number of aromatic hydroxyl groups is 1. The molecule has 1 N–H and O–H groups in total. The van der Waals surface area contributed by atoms with Crippen LogP contribution in [0.4, 0.5) is 17.6 Å². The second-order valence-corrected chi connectivity index (χ2v) is 4.13. The van der Waals surface area contributed by atoms with Crippen molar-refractivity contribution in [2.45, 2.75) is 12.8 Å². The quantitative estimate of drug-likeness (QED) is 0.860. The minimum absolute atomic E-state index is 0.0416. The molecule has 0 unspecified atom stereocenters. The van der Waals surface area contributed by atoms with Crippen LogP contribution in [0.5, 0.6) is 11.5 Å². The summed E-state index contributed by atoms with van der Waals surface area (Å²) in [7, 11) is 0. The molecule has 0 saturated heterocycles. The van der Waals surface area contributed by atoms with E-state index in [2.05, 4.69) is 0 Å². The zero-order valence-electron chi connectivity index (χ0n) is 10.1. The zero-order valence-corrected chi connectivity index (χ0v) is 10.1. The number of phenolic OH excluding ortho intramolecular Hbond substituents is 1. The van der Waals surface area contributed by atoms with E-state index >= 15 is 0 Å². The number of rotatable bonds is 3. The summed E-state index contributed by atoms with van der Waals surface area (Å²) >= 11 is 0. The Bertz CT molecular complexity index is 588. The highest BCUT2D eigenvalue weighted by Gasteiger charge is 2.30. The summed E-state index contributed by atoms with van der Waals surface area (Å²) in [4.78, 5) is 0. The third-order valence-electron chi connectivity index (χ3n) is 2.52. The van der Waals surface area contributed by atoms with E-state index < -0.39 is 17.6 Å². The summed E-state index contributed by atoms with van der Waals surface area (Å²) in [6.45, 7) is -0.160. The van der Waals surface area contributed by atoms with Gasteiger partial charge in [-0.1, -0.05) is 12.1 Å². The van der Waals surface area contributed by atoms with Crippen molar-refractivity contribution in [2.24, 2.45) is 0 Å². The molecular formula is C14H10F4O2. The largest absolute Gasteiger partial charge is 0.508 e. The van der Waals surface area contributed by atoms with Gasteiger partial charge in [0.1, 0.15) is 23.9 Å². The number of hydrogen-bond donors (Lipinski definition) is 1. The molecule has 0 aliphatic carbocycles. The molecule has 106 valence electrons. The van der Waals surface area contributed by atoms with Crippen molar-refractivity contribution >= 4 is 0 Å². The number of phenols is 1. The highest BCUT2D eigenvalue weighted by atomic mass is 19.4. The van der Waals surface area contributed by atoms with Gasteiger partial charge in [-0.3, -0.25) is 0 Å². The zero-order chi connectivity index (χ0) is 14.8. The van der Waals surface area contributed by atoms with Gasteiger partial charge in [-0.2, -0.15) is 13.2 Å². The smallest absolute Gasteiger partial charge is 0.416 e. The van der Waals surface area contributed by atoms with Crippen molar-refractivity contribution in [3.05, 3.63) is 59.4 Å². The topological polar surface area (TPSA) is 29.5 Å². The van der Waals surface area contributed by atoms with E-state index in [9.17, 15) is 22.7 Å². The van der Waals surface area contributed by atoms with Gasteiger partial charge >= 0.3 is 6.18 Å². The fraction of sp³-hybridized carbons (Fsp3) is 0.143. The maximum atomic E-state index is 13.0. The van der Waals surface area contributed by atoms with E-state index in [1.807, 2.05) is 0 Å². The van der Waals surface area contributed by atoms with Crippen LogP contribution in [0.1, 0.15) is 11.1 Å². The molecule has 0 bridgehead atoms. The Morgan fingerprint density at radius 2 is 1.80 bits per heavy atom. The summed E-state index contributed by atoms with van der Waals surface area (Å²) in [6, 6.07) is 7.76. The molecular weight excluding hydrogens is 276 g/mol. The van der Waals surface area contributed by atoms with Crippen molar-refractivity contribution in [3.8, 4) is 11.5 Å². The van der Waals surface area contributed by atoms with Crippen molar-refractivity contribution in [3.63, 3.8) is 0 Å². The van der Waals surface area contributed by atoms with Crippen LogP contribution < -0.4 is 4.74 Å². The third-order valence-corrected chi connectivity index (χ3v) is 2.52. The molecule has 0 aromatic heterocycles. The lowest BCUT2D eigenvalue weighted by atomic mass is 10.1. The van der Waals surface area contributed by atoms with Crippen LogP contribution in [0.25, 0.3) is 0 Å². The highest BCUT2D eigenvalue weighted by molar-refractivity contribution is 5.33. The summed E-state index contributed by atoms with van der Waals surface area (Å²) in [5, 5.41) is 9.17. The maximum Gasteiger partial charge on any atom is 0.416 e. The van der Waals surface area contributed by atoms with Crippen LogP contribution in [0.3, 0.4) is 0 Å². The van der Waals surface area contributed by atoms with Crippen LogP contribution in [0.15, 0.2) is 42.5 Å². The van der Waals surface area contributed by atoms with Crippen LogP contribution in [-0.4, -0.2) is 5.11 Å². The van der Waals surface area contributed by atoms with E-state index in [4.69, 9.17) is 4.74 Å². The number of halogens is 4. The number of benzene rings is 2. The van der Waals surface area contributed by atoms with E-state index in [0.29, 0.717) is 5.56 Å². The Balaban J connectivity index is 2.11. The molecule has 2 rings (SSSR count). The van der Waals surface area contributed by atoms with Gasteiger partial charge in [0.05, 0.1) is 5.56 Å². The van der Waals surface area contributed by atoms with Crippen molar-refractivity contribution in [1.82, 2.24) is 0 Å². The number of ether oxygens (including phenoxy) is 1. The van der Waals surface area contributed by atoms with Gasteiger partial charge in [0.25, 0.3) is 0 Å². The molecule has 20 heavy (non-hydrogen) atoms. The van der Waals surface area contributed by atoms with Gasteiger partial charge in [-0.05, 0) is 17.7 Å². The molecule has 2 aromatic carbocycles. The molecule has 0 aliphatic rings. The van der Waals surface area contributed by atoms with Gasteiger partial charge in [-0.25, -0.2) is 4.39 Å². The first-order valence-electron chi connectivity index (χ1n) is 5.63. The maximum absolute atomic E-state index is 13.0. The number of alkyl halides is 3. The monoisotopic (exact) mass is 286 g/mol. The summed E-state index contributed by atoms with van der Waals surface area (Å²) in [6.07, 6.45) is -4.42. The Morgan fingerprint density at radius 1 is 1.05 bits per heavy atom. The average molecular weight is 286 g/mol. The van der Waals surface area contributed by atoms with Crippen LogP contribution in [0.2, 0.25) is 0 Å². The fourth-order valence-electron chi connectivity index (χ4n) is 1.64. The lowest BCUT2D eigenvalue weighted by Crippen LogP contribution is -2.06. The molecule has 0 spiro atoms. The van der Waals surface area contributed by atoms with Crippen LogP contribution in [-0.2, 0) is 12.8 Å². The number of hydrogen-bond acceptors (Lipinski definition) is 2. The van der Waals surface area contributed by atoms with Crippen molar-refractivity contribution in [2.75, 3.05) is 0 Å². The van der Waals surface area contributed by atoms with Crippen LogP contribution in [0, 0.1) is 5.82 Å². The Labute approximate surface area is 112 Å².